The Bertz CT molecular complexity index is 1760. The van der Waals surface area contributed by atoms with E-state index in [0.29, 0.717) is 11.1 Å². The number of aryl methyl sites for hydroxylation is 2. The third-order valence-electron chi connectivity index (χ3n) is 6.78. The van der Waals surface area contributed by atoms with Gasteiger partial charge in [0.2, 0.25) is 5.31 Å². The van der Waals surface area contributed by atoms with Crippen molar-refractivity contribution >= 4 is 45.9 Å². The van der Waals surface area contributed by atoms with Crippen molar-refractivity contribution in [3.63, 3.8) is 0 Å². The number of esters is 1. The van der Waals surface area contributed by atoms with Gasteiger partial charge in [0, 0.05) is 0 Å². The fourth-order valence-corrected chi connectivity index (χ4v) is 9.65. The number of benzene rings is 2. The normalized spacial score (nSPS) is 18.2. The Morgan fingerprint density at radius 1 is 0.745 bits per heavy atom. The van der Waals surface area contributed by atoms with Gasteiger partial charge in [0.25, 0.3) is 26.0 Å². The number of sulfonamides is 2. The van der Waals surface area contributed by atoms with Crippen molar-refractivity contribution in [2.75, 3.05) is 21.3 Å². The van der Waals surface area contributed by atoms with Crippen LogP contribution in [0.15, 0.2) is 69.6 Å². The van der Waals surface area contributed by atoms with E-state index < -0.39 is 89.0 Å². The number of rotatable bonds is 13. The smallest absolute Gasteiger partial charge is 0.449 e. The van der Waals surface area contributed by atoms with Gasteiger partial charge in [-0.15, -0.1) is 4.31 Å². The van der Waals surface area contributed by atoms with E-state index in [2.05, 4.69) is 0 Å². The van der Waals surface area contributed by atoms with Gasteiger partial charge in [0.1, 0.15) is 5.95 Å². The lowest BCUT2D eigenvalue weighted by Gasteiger charge is -2.37. The molecular formula is C29H37N2O13PS2. The van der Waals surface area contributed by atoms with Crippen LogP contribution < -0.4 is 5.11 Å². The van der Waals surface area contributed by atoms with Gasteiger partial charge in [-0.05, 0) is 58.1 Å². The Hall–Kier alpha value is -3.60. The Morgan fingerprint density at radius 2 is 1.15 bits per heavy atom. The van der Waals surface area contributed by atoms with E-state index in [1.165, 1.54) is 52.0 Å². The molecule has 18 heteroatoms. The molecule has 0 radical (unpaired) electrons. The largest absolute Gasteiger partial charge is 0.608 e. The summed E-state index contributed by atoms with van der Waals surface area (Å²) < 4.78 is 83.6. The Kier molecular flexibility index (Phi) is 11.2. The van der Waals surface area contributed by atoms with Gasteiger partial charge >= 0.3 is 25.5 Å². The second-order valence-corrected chi connectivity index (χ2v) is 16.9. The maximum absolute atomic E-state index is 14.9. The molecule has 1 heterocycles. The van der Waals surface area contributed by atoms with E-state index in [1.807, 2.05) is 0 Å². The molecule has 2 aromatic carbocycles. The first-order valence-corrected chi connectivity index (χ1v) is 18.4. The third kappa shape index (κ3) is 6.47. The average Bonchev–Trinajstić information content (AvgIpc) is 3.23. The number of hydrogen-bond acceptors (Lipinski definition) is 13. The van der Waals surface area contributed by atoms with Crippen LogP contribution in [0, 0.1) is 13.8 Å². The van der Waals surface area contributed by atoms with Crippen LogP contribution >= 0.6 is 7.94 Å². The van der Waals surface area contributed by atoms with Crippen molar-refractivity contribution in [3.8, 4) is 0 Å². The van der Waals surface area contributed by atoms with Gasteiger partial charge < -0.3 is 14.6 Å². The molecule has 1 atom stereocenters. The summed E-state index contributed by atoms with van der Waals surface area (Å²) in [4.78, 5) is 42.5. The molecule has 0 N–H and O–H groups in total. The van der Waals surface area contributed by atoms with Gasteiger partial charge in [-0.1, -0.05) is 49.2 Å². The maximum atomic E-state index is 14.9. The average molecular weight is 717 g/mol. The zero-order valence-electron chi connectivity index (χ0n) is 27.2. The zero-order chi connectivity index (χ0) is 35.7. The fraction of sp³-hybridized carbons (Fsp3) is 0.414. The lowest BCUT2D eigenvalue weighted by molar-refractivity contribution is -0.363. The fourth-order valence-electron chi connectivity index (χ4n) is 4.66. The quantitative estimate of drug-likeness (QED) is 0.0966. The minimum absolute atomic E-state index is 0.299. The van der Waals surface area contributed by atoms with Crippen molar-refractivity contribution in [1.29, 1.82) is 0 Å². The molecule has 258 valence electrons. The number of ether oxygens (including phenoxy) is 2. The summed E-state index contributed by atoms with van der Waals surface area (Å²) >= 11 is 0. The number of amides is 3. The van der Waals surface area contributed by atoms with Crippen molar-refractivity contribution < 1.29 is 59.4 Å². The summed E-state index contributed by atoms with van der Waals surface area (Å²) in [6, 6.07) is 7.72. The minimum atomic E-state index is -5.42. The van der Waals surface area contributed by atoms with Gasteiger partial charge in [-0.2, -0.15) is 17.9 Å². The molecule has 0 spiro atoms. The van der Waals surface area contributed by atoms with E-state index in [1.54, 1.807) is 13.8 Å². The Labute approximate surface area is 274 Å². The molecule has 0 aromatic heterocycles. The van der Waals surface area contributed by atoms with Crippen molar-refractivity contribution in [3.05, 3.63) is 70.9 Å². The van der Waals surface area contributed by atoms with Crippen molar-refractivity contribution in [2.24, 2.45) is 0 Å². The van der Waals surface area contributed by atoms with Crippen molar-refractivity contribution in [2.45, 2.75) is 69.1 Å². The van der Waals surface area contributed by atoms with Crippen LogP contribution in [0.1, 0.15) is 38.8 Å². The van der Waals surface area contributed by atoms with Gasteiger partial charge in [0.05, 0.1) is 37.2 Å². The second kappa shape index (κ2) is 13.9. The molecule has 3 amide bonds. The standard InChI is InChI=1S/C29H37N2O13PS2/c1-18(2)43-25(32)24(45(40-7,41-8)42-9)29(27(34)44-19(3)4)26(33)30(46(36,37)22-14-10-20(5)11-15-22)28(35)31(29)47(38,39)23-16-12-21(6)13-17-23/h10-19H,1-9H3/b25-24-. The molecule has 47 heavy (non-hydrogen) atoms. The molecule has 0 bridgehead atoms. The molecule has 1 aliphatic heterocycles. The molecule has 2 aromatic rings. The number of imide groups is 1. The molecule has 0 aliphatic carbocycles. The third-order valence-corrected chi connectivity index (χ3v) is 12.7. The summed E-state index contributed by atoms with van der Waals surface area (Å²) in [6.45, 7) is 8.77. The van der Waals surface area contributed by atoms with Gasteiger partial charge in [-0.3, -0.25) is 4.79 Å². The van der Waals surface area contributed by atoms with Crippen LogP contribution in [0.5, 0.6) is 0 Å². The van der Waals surface area contributed by atoms with E-state index in [9.17, 15) is 36.3 Å². The Morgan fingerprint density at radius 3 is 1.53 bits per heavy atom. The monoisotopic (exact) mass is 716 g/mol. The van der Waals surface area contributed by atoms with E-state index >= 15 is 0 Å². The number of carbonyl (C=O) groups excluding carboxylic acids is 3. The number of nitrogens with zero attached hydrogens (tertiary/aromatic N) is 2. The molecule has 1 saturated heterocycles. The summed E-state index contributed by atoms with van der Waals surface area (Å²) in [7, 11) is -12.4. The summed E-state index contributed by atoms with van der Waals surface area (Å²) in [5.41, 5.74) is -2.55. The van der Waals surface area contributed by atoms with Crippen LogP contribution in [0.3, 0.4) is 0 Å². The number of hydrogen-bond donors (Lipinski definition) is 0. The number of urea groups is 1. The first-order valence-electron chi connectivity index (χ1n) is 14.0. The van der Waals surface area contributed by atoms with Gasteiger partial charge in [-0.25, -0.2) is 26.4 Å². The SMILES string of the molecule is CO[P+](OC)(OC)/C(=C(/[O-])OC(C)C)C1(C(=O)OC(C)C)C(=O)N(S(=O)(=O)c2ccc(C)cc2)C(=O)N1S(=O)(=O)c1ccc(C)cc1. The molecule has 15 nitrogen and oxygen atoms in total. The molecule has 3 rings (SSSR count). The molecule has 1 fully saturated rings. The first kappa shape index (κ1) is 37.9. The molecule has 1 aliphatic rings. The lowest BCUT2D eigenvalue weighted by Crippen LogP contribution is -2.61. The van der Waals surface area contributed by atoms with Crippen LogP contribution in [0.4, 0.5) is 4.79 Å². The Balaban J connectivity index is 2.68. The number of carbonyl (C=O) groups is 3. The topological polar surface area (TPSA) is 195 Å². The van der Waals surface area contributed by atoms with Gasteiger partial charge in [0.15, 0.2) is 0 Å². The lowest BCUT2D eigenvalue weighted by atomic mass is 9.99. The second-order valence-electron chi connectivity index (χ2n) is 10.8. The van der Waals surface area contributed by atoms with E-state index in [4.69, 9.17) is 23.0 Å². The summed E-state index contributed by atoms with van der Waals surface area (Å²) in [6.07, 6.45) is -2.07. The summed E-state index contributed by atoms with van der Waals surface area (Å²) in [5.74, 6) is -5.40. The highest BCUT2D eigenvalue weighted by molar-refractivity contribution is 7.91. The van der Waals surface area contributed by atoms with E-state index in [0.717, 1.165) is 45.6 Å². The van der Waals surface area contributed by atoms with Crippen molar-refractivity contribution in [1.82, 2.24) is 8.61 Å². The molecule has 0 saturated carbocycles. The van der Waals surface area contributed by atoms with Crippen LogP contribution in [0.2, 0.25) is 0 Å². The highest BCUT2D eigenvalue weighted by Crippen LogP contribution is 2.72. The van der Waals surface area contributed by atoms with Crippen LogP contribution in [-0.4, -0.2) is 82.4 Å². The van der Waals surface area contributed by atoms with E-state index in [-0.39, 0.29) is 4.31 Å². The zero-order valence-corrected chi connectivity index (χ0v) is 29.8. The highest BCUT2D eigenvalue weighted by atomic mass is 32.2. The van der Waals surface area contributed by atoms with Crippen LogP contribution in [-0.2, 0) is 52.7 Å². The highest BCUT2D eigenvalue weighted by Gasteiger charge is 2.80. The predicted molar refractivity (Wildman–Crippen MR) is 166 cm³/mol. The summed E-state index contributed by atoms with van der Waals surface area (Å²) in [5, 5.41) is 12.8. The first-order chi connectivity index (χ1) is 21.8. The predicted octanol–water partition coefficient (Wildman–Crippen LogP) is 2.99. The maximum Gasteiger partial charge on any atom is 0.449 e. The van der Waals surface area contributed by atoms with Crippen LogP contribution in [0.25, 0.3) is 0 Å². The minimum Gasteiger partial charge on any atom is -0.608 e. The molecule has 1 unspecified atom stereocenters. The molecular weight excluding hydrogens is 679 g/mol.